The molecule has 0 spiro atoms. The Balaban J connectivity index is 1.17. The minimum absolute atomic E-state index is 0.105. The number of fused-ring (bicyclic) bond motifs is 3. The van der Waals surface area contributed by atoms with Crippen molar-refractivity contribution in [1.29, 1.82) is 0 Å². The predicted octanol–water partition coefficient (Wildman–Crippen LogP) is -0.187. The monoisotopic (exact) mass is 451 g/mol. The van der Waals surface area contributed by atoms with Gasteiger partial charge in [0, 0.05) is 19.5 Å². The van der Waals surface area contributed by atoms with Crippen LogP contribution in [0.5, 0.6) is 0 Å². The molecule has 6 rings (SSSR count). The second-order valence-corrected chi connectivity index (χ2v) is 9.73. The van der Waals surface area contributed by atoms with Crippen LogP contribution in [0.3, 0.4) is 0 Å². The van der Waals surface area contributed by atoms with Crippen molar-refractivity contribution < 1.29 is 42.8 Å². The zero-order valence-electron chi connectivity index (χ0n) is 18.1. The number of esters is 3. The molecule has 6 aliphatic rings. The third-order valence-electron chi connectivity index (χ3n) is 8.07. The molecule has 10 nitrogen and oxygen atoms in total. The van der Waals surface area contributed by atoms with Gasteiger partial charge in [-0.2, -0.15) is 0 Å². The van der Waals surface area contributed by atoms with Crippen LogP contribution in [0.25, 0.3) is 0 Å². The van der Waals surface area contributed by atoms with Crippen molar-refractivity contribution in [3.63, 3.8) is 0 Å². The second-order valence-electron chi connectivity index (χ2n) is 9.73. The van der Waals surface area contributed by atoms with E-state index in [4.69, 9.17) is 28.4 Å². The summed E-state index contributed by atoms with van der Waals surface area (Å²) >= 11 is 0. The maximum Gasteiger partial charge on any atom is 0.320 e. The smallest absolute Gasteiger partial charge is 0.320 e. The lowest BCUT2D eigenvalue weighted by atomic mass is 9.77. The molecule has 6 fully saturated rings. The van der Waals surface area contributed by atoms with Crippen molar-refractivity contribution in [3.8, 4) is 0 Å². The van der Waals surface area contributed by atoms with E-state index in [1.54, 1.807) is 0 Å². The van der Waals surface area contributed by atoms with Gasteiger partial charge in [0.1, 0.15) is 29.6 Å². The van der Waals surface area contributed by atoms with E-state index in [1.807, 2.05) is 11.8 Å². The largest absolute Gasteiger partial charge is 0.456 e. The fraction of sp³-hybridized carbons (Fsp3) is 0.864. The highest BCUT2D eigenvalue weighted by Gasteiger charge is 2.72. The van der Waals surface area contributed by atoms with Crippen molar-refractivity contribution in [2.45, 2.75) is 74.8 Å². The predicted molar refractivity (Wildman–Crippen MR) is 104 cm³/mol. The van der Waals surface area contributed by atoms with Gasteiger partial charge in [0.2, 0.25) is 0 Å². The molecule has 4 bridgehead atoms. The summed E-state index contributed by atoms with van der Waals surface area (Å²) in [5.74, 6) is -2.93. The maximum atomic E-state index is 13.4. The first-order valence-corrected chi connectivity index (χ1v) is 11.7. The molecule has 6 saturated heterocycles. The molecular weight excluding hydrogens is 422 g/mol. The van der Waals surface area contributed by atoms with Gasteiger partial charge in [0.15, 0.2) is 12.2 Å². The van der Waals surface area contributed by atoms with Crippen LogP contribution in [0, 0.1) is 11.8 Å². The zero-order chi connectivity index (χ0) is 22.0. The summed E-state index contributed by atoms with van der Waals surface area (Å²) in [6.45, 7) is 4.57. The number of carbonyl (C=O) groups excluding carboxylic acids is 3. The van der Waals surface area contributed by atoms with E-state index in [0.29, 0.717) is 39.1 Å². The number of ether oxygens (including phenoxy) is 6. The van der Waals surface area contributed by atoms with Crippen LogP contribution in [0.1, 0.15) is 32.6 Å². The molecule has 0 aromatic heterocycles. The normalized spacial score (nSPS) is 46.5. The van der Waals surface area contributed by atoms with Crippen LogP contribution in [0.2, 0.25) is 0 Å². The molecule has 0 aromatic rings. The minimum atomic E-state index is -0.838. The first-order chi connectivity index (χ1) is 15.5. The number of hydrogen-bond acceptors (Lipinski definition) is 10. The number of carbonyl (C=O) groups is 3. The lowest BCUT2D eigenvalue weighted by Gasteiger charge is -2.36. The van der Waals surface area contributed by atoms with E-state index in [9.17, 15) is 14.4 Å². The molecule has 6 aliphatic heterocycles. The molecule has 32 heavy (non-hydrogen) atoms. The van der Waals surface area contributed by atoms with E-state index in [-0.39, 0.29) is 18.8 Å². The first-order valence-electron chi connectivity index (χ1n) is 11.7. The number of hydrogen-bond donors (Lipinski definition) is 0. The molecule has 176 valence electrons. The van der Waals surface area contributed by atoms with E-state index in [0.717, 1.165) is 12.8 Å². The van der Waals surface area contributed by atoms with Crippen molar-refractivity contribution in [2.75, 3.05) is 32.8 Å². The molecule has 10 heteroatoms. The van der Waals surface area contributed by atoms with Crippen molar-refractivity contribution in [2.24, 2.45) is 11.8 Å². The van der Waals surface area contributed by atoms with Crippen LogP contribution in [-0.4, -0.2) is 97.9 Å². The number of rotatable bonds is 6. The van der Waals surface area contributed by atoms with Gasteiger partial charge in [0.05, 0.1) is 32.0 Å². The molecule has 0 aromatic carbocycles. The summed E-state index contributed by atoms with van der Waals surface area (Å²) in [5, 5.41) is 0. The molecule has 0 aliphatic carbocycles. The highest BCUT2D eigenvalue weighted by Crippen LogP contribution is 2.53. The first kappa shape index (κ1) is 20.8. The van der Waals surface area contributed by atoms with Gasteiger partial charge in [-0.15, -0.1) is 0 Å². The fourth-order valence-corrected chi connectivity index (χ4v) is 6.45. The van der Waals surface area contributed by atoms with E-state index >= 15 is 0 Å². The van der Waals surface area contributed by atoms with E-state index in [1.165, 1.54) is 0 Å². The Morgan fingerprint density at radius 1 is 1.12 bits per heavy atom. The molecule has 9 unspecified atom stereocenters. The fourth-order valence-electron chi connectivity index (χ4n) is 6.45. The van der Waals surface area contributed by atoms with Crippen LogP contribution in [-0.2, 0) is 42.8 Å². The van der Waals surface area contributed by atoms with Gasteiger partial charge in [-0.05, 0) is 19.3 Å². The third-order valence-corrected chi connectivity index (χ3v) is 8.07. The molecule has 0 amide bonds. The van der Waals surface area contributed by atoms with E-state index in [2.05, 4.69) is 0 Å². The average Bonchev–Trinajstić information content (AvgIpc) is 3.56. The minimum Gasteiger partial charge on any atom is -0.456 e. The highest BCUT2D eigenvalue weighted by atomic mass is 16.7. The lowest BCUT2D eigenvalue weighted by molar-refractivity contribution is -0.179. The molecular formula is C22H29NO9. The molecule has 9 atom stereocenters. The Hall–Kier alpha value is -1.75. The van der Waals surface area contributed by atoms with Gasteiger partial charge in [-0.1, -0.05) is 6.92 Å². The van der Waals surface area contributed by atoms with Crippen LogP contribution in [0.4, 0.5) is 0 Å². The van der Waals surface area contributed by atoms with Crippen molar-refractivity contribution >= 4 is 17.9 Å². The maximum absolute atomic E-state index is 13.4. The number of nitrogens with zero attached hydrogens (tertiary/aromatic N) is 1. The van der Waals surface area contributed by atoms with Gasteiger partial charge in [0.25, 0.3) is 0 Å². The van der Waals surface area contributed by atoms with Crippen LogP contribution < -0.4 is 0 Å². The Labute approximate surface area is 185 Å². The average molecular weight is 451 g/mol. The second kappa shape index (κ2) is 7.65. The third kappa shape index (κ3) is 3.10. The molecule has 0 saturated carbocycles. The Morgan fingerprint density at radius 2 is 1.94 bits per heavy atom. The topological polar surface area (TPSA) is 110 Å². The highest BCUT2D eigenvalue weighted by molar-refractivity contribution is 5.87. The summed E-state index contributed by atoms with van der Waals surface area (Å²) in [6, 6.07) is 0. The van der Waals surface area contributed by atoms with Crippen LogP contribution >= 0.6 is 0 Å². The quantitative estimate of drug-likeness (QED) is 0.398. The summed E-state index contributed by atoms with van der Waals surface area (Å²) < 4.78 is 34.5. The van der Waals surface area contributed by atoms with Crippen molar-refractivity contribution in [1.82, 2.24) is 4.90 Å². The Bertz CT molecular complexity index is 813. The van der Waals surface area contributed by atoms with Gasteiger partial charge in [-0.3, -0.25) is 19.3 Å². The van der Waals surface area contributed by atoms with Gasteiger partial charge in [-0.25, -0.2) is 0 Å². The summed E-state index contributed by atoms with van der Waals surface area (Å²) in [6.07, 6.45) is 0.409. The molecule has 6 heterocycles. The van der Waals surface area contributed by atoms with Gasteiger partial charge < -0.3 is 28.4 Å². The van der Waals surface area contributed by atoms with Gasteiger partial charge >= 0.3 is 17.9 Å². The zero-order valence-corrected chi connectivity index (χ0v) is 18.1. The lowest BCUT2D eigenvalue weighted by Crippen LogP contribution is -2.52. The van der Waals surface area contributed by atoms with Crippen molar-refractivity contribution in [3.05, 3.63) is 0 Å². The molecule has 0 N–H and O–H groups in total. The SMILES string of the molecule is CCC1(OC(=O)C2C3OC4C(OC(=O)C42)C3OC(=O)CN2CCOCC2)CC2CCC1O2. The Kier molecular flexibility index (Phi) is 4.98. The summed E-state index contributed by atoms with van der Waals surface area (Å²) in [5.41, 5.74) is -0.660. The summed E-state index contributed by atoms with van der Waals surface area (Å²) in [4.78, 5) is 40.5. The standard InChI is InChI=1S/C22H29NO9/c1-2-22(9-11-3-4-12(22)28-11)32-21(26)15-14-16-19(31-20(14)25)18(17(15)30-16)29-13(24)10-23-5-7-27-8-6-23/h11-12,14-19H,2-10H2,1H3. The van der Waals surface area contributed by atoms with Crippen LogP contribution in [0.15, 0.2) is 0 Å². The van der Waals surface area contributed by atoms with E-state index < -0.39 is 59.8 Å². The summed E-state index contributed by atoms with van der Waals surface area (Å²) in [7, 11) is 0. The molecule has 0 radical (unpaired) electrons. The Morgan fingerprint density at radius 3 is 2.62 bits per heavy atom. The number of morpholine rings is 1.